The minimum atomic E-state index is 0.146. The van der Waals surface area contributed by atoms with Crippen LogP contribution in [0.25, 0.3) is 0 Å². The Morgan fingerprint density at radius 3 is 2.07 bits per heavy atom. The molecule has 2 atom stereocenters. The molecular weight excluding hydrogens is 180 g/mol. The average molecular weight is 204 g/mol. The summed E-state index contributed by atoms with van der Waals surface area (Å²) in [6.45, 7) is 12.1. The molecule has 0 N–H and O–H groups in total. The molecule has 3 heteroatoms. The van der Waals surface area contributed by atoms with Gasteiger partial charge in [-0.2, -0.15) is 0 Å². The lowest BCUT2D eigenvalue weighted by atomic mass is 10.4. The molecule has 0 aliphatic rings. The molecule has 0 saturated carbocycles. The summed E-state index contributed by atoms with van der Waals surface area (Å²) in [4.78, 5) is 0. The Labute approximate surface area is 87.7 Å². The van der Waals surface area contributed by atoms with Crippen LogP contribution in [-0.2, 0) is 14.2 Å². The molecule has 0 fully saturated rings. The molecule has 0 amide bonds. The lowest BCUT2D eigenvalue weighted by Crippen LogP contribution is -2.25. The molecule has 2 unspecified atom stereocenters. The van der Waals surface area contributed by atoms with Crippen LogP contribution in [0.2, 0.25) is 0 Å². The maximum absolute atomic E-state index is 5.56. The van der Waals surface area contributed by atoms with Crippen molar-refractivity contribution < 1.29 is 14.2 Å². The van der Waals surface area contributed by atoms with E-state index in [2.05, 4.69) is 0 Å². The van der Waals surface area contributed by atoms with Crippen LogP contribution in [-0.4, -0.2) is 38.1 Å². The Morgan fingerprint density at radius 1 is 0.929 bits per heavy atom. The van der Waals surface area contributed by atoms with E-state index in [-0.39, 0.29) is 18.3 Å². The van der Waals surface area contributed by atoms with Crippen molar-refractivity contribution in [2.45, 2.75) is 52.9 Å². The molecule has 0 aromatic carbocycles. The molecule has 3 nitrogen and oxygen atoms in total. The molecule has 14 heavy (non-hydrogen) atoms. The van der Waals surface area contributed by atoms with Gasteiger partial charge in [-0.25, -0.2) is 0 Å². The fourth-order valence-electron chi connectivity index (χ4n) is 1.14. The quantitative estimate of drug-likeness (QED) is 0.607. The van der Waals surface area contributed by atoms with Gasteiger partial charge in [0, 0.05) is 6.61 Å². The monoisotopic (exact) mass is 204 g/mol. The highest BCUT2D eigenvalue weighted by Crippen LogP contribution is 2.00. The maximum atomic E-state index is 5.56. The second kappa shape index (κ2) is 8.21. The number of hydrogen-bond donors (Lipinski definition) is 0. The van der Waals surface area contributed by atoms with Gasteiger partial charge in [-0.05, 0) is 34.6 Å². The van der Waals surface area contributed by atoms with Crippen LogP contribution in [0.5, 0.6) is 0 Å². The van der Waals surface area contributed by atoms with Crippen molar-refractivity contribution in [2.75, 3.05) is 19.8 Å². The van der Waals surface area contributed by atoms with E-state index in [1.54, 1.807) is 0 Å². The first-order valence-corrected chi connectivity index (χ1v) is 5.41. The van der Waals surface area contributed by atoms with Gasteiger partial charge in [0.1, 0.15) is 0 Å². The highest BCUT2D eigenvalue weighted by molar-refractivity contribution is 4.53. The zero-order chi connectivity index (χ0) is 11.0. The van der Waals surface area contributed by atoms with Gasteiger partial charge in [-0.1, -0.05) is 0 Å². The first kappa shape index (κ1) is 13.9. The van der Waals surface area contributed by atoms with E-state index in [0.29, 0.717) is 13.2 Å². The van der Waals surface area contributed by atoms with Crippen molar-refractivity contribution in [3.63, 3.8) is 0 Å². The summed E-state index contributed by atoms with van der Waals surface area (Å²) in [5.41, 5.74) is 0. The van der Waals surface area contributed by atoms with Crippen molar-refractivity contribution in [3.8, 4) is 0 Å². The van der Waals surface area contributed by atoms with Gasteiger partial charge in [0.15, 0.2) is 0 Å². The Morgan fingerprint density at radius 2 is 1.57 bits per heavy atom. The van der Waals surface area contributed by atoms with Crippen LogP contribution in [0.1, 0.15) is 34.6 Å². The van der Waals surface area contributed by atoms with Crippen LogP contribution in [0, 0.1) is 0 Å². The van der Waals surface area contributed by atoms with E-state index in [0.717, 1.165) is 6.61 Å². The third kappa shape index (κ3) is 8.48. The zero-order valence-corrected chi connectivity index (χ0v) is 10.1. The largest absolute Gasteiger partial charge is 0.379 e. The highest BCUT2D eigenvalue weighted by Gasteiger charge is 2.08. The summed E-state index contributed by atoms with van der Waals surface area (Å²) < 4.78 is 16.3. The fraction of sp³-hybridized carbons (Fsp3) is 1.00. The van der Waals surface area contributed by atoms with Crippen LogP contribution >= 0.6 is 0 Å². The molecule has 0 aliphatic carbocycles. The normalized spacial score (nSPS) is 15.9. The predicted octanol–water partition coefficient (Wildman–Crippen LogP) is 2.24. The maximum Gasteiger partial charge on any atom is 0.0784 e. The Hall–Kier alpha value is -0.120. The molecule has 0 bridgehead atoms. The smallest absolute Gasteiger partial charge is 0.0784 e. The van der Waals surface area contributed by atoms with Crippen molar-refractivity contribution in [2.24, 2.45) is 0 Å². The van der Waals surface area contributed by atoms with Gasteiger partial charge in [0.05, 0.1) is 31.5 Å². The van der Waals surface area contributed by atoms with Crippen LogP contribution in [0.4, 0.5) is 0 Å². The van der Waals surface area contributed by atoms with Gasteiger partial charge in [-0.15, -0.1) is 0 Å². The summed E-state index contributed by atoms with van der Waals surface area (Å²) in [6, 6.07) is 0. The molecule has 0 rings (SSSR count). The van der Waals surface area contributed by atoms with Gasteiger partial charge >= 0.3 is 0 Å². The second-order valence-corrected chi connectivity index (χ2v) is 3.80. The molecule has 0 aliphatic heterocycles. The van der Waals surface area contributed by atoms with E-state index >= 15 is 0 Å². The summed E-state index contributed by atoms with van der Waals surface area (Å²) in [7, 11) is 0. The minimum absolute atomic E-state index is 0.146. The van der Waals surface area contributed by atoms with E-state index in [1.807, 2.05) is 34.6 Å². The zero-order valence-electron chi connectivity index (χ0n) is 10.1. The van der Waals surface area contributed by atoms with E-state index in [9.17, 15) is 0 Å². The standard InChI is InChI=1S/C11H24O3/c1-6-12-7-10(4)13-8-11(5)14-9(2)3/h9-11H,6-8H2,1-5H3. The molecule has 0 aromatic rings. The summed E-state index contributed by atoms with van der Waals surface area (Å²) in [5.74, 6) is 0. The first-order valence-electron chi connectivity index (χ1n) is 5.41. The molecule has 0 heterocycles. The SMILES string of the molecule is CCOCC(C)OCC(C)OC(C)C. The van der Waals surface area contributed by atoms with Crippen molar-refractivity contribution in [1.82, 2.24) is 0 Å². The molecule has 0 aromatic heterocycles. The van der Waals surface area contributed by atoms with Crippen LogP contribution in [0.15, 0.2) is 0 Å². The van der Waals surface area contributed by atoms with Crippen molar-refractivity contribution >= 4 is 0 Å². The predicted molar refractivity (Wildman–Crippen MR) is 57.6 cm³/mol. The van der Waals surface area contributed by atoms with Gasteiger partial charge in [-0.3, -0.25) is 0 Å². The third-order valence-corrected chi connectivity index (χ3v) is 1.68. The van der Waals surface area contributed by atoms with Gasteiger partial charge in [0.25, 0.3) is 0 Å². The van der Waals surface area contributed by atoms with Crippen LogP contribution in [0.3, 0.4) is 0 Å². The average Bonchev–Trinajstić information content (AvgIpc) is 2.10. The lowest BCUT2D eigenvalue weighted by Gasteiger charge is -2.19. The van der Waals surface area contributed by atoms with Crippen molar-refractivity contribution in [1.29, 1.82) is 0 Å². The Kier molecular flexibility index (Phi) is 8.14. The summed E-state index contributed by atoms with van der Waals surface area (Å²) >= 11 is 0. The first-order chi connectivity index (χ1) is 6.56. The number of hydrogen-bond acceptors (Lipinski definition) is 3. The Bertz CT molecular complexity index is 126. The van der Waals surface area contributed by atoms with E-state index in [4.69, 9.17) is 14.2 Å². The van der Waals surface area contributed by atoms with E-state index in [1.165, 1.54) is 0 Å². The Balaban J connectivity index is 3.40. The number of ether oxygens (including phenoxy) is 3. The third-order valence-electron chi connectivity index (χ3n) is 1.68. The van der Waals surface area contributed by atoms with E-state index < -0.39 is 0 Å². The van der Waals surface area contributed by atoms with Gasteiger partial charge < -0.3 is 14.2 Å². The van der Waals surface area contributed by atoms with Gasteiger partial charge in [0.2, 0.25) is 0 Å². The lowest BCUT2D eigenvalue weighted by molar-refractivity contribution is -0.0705. The summed E-state index contributed by atoms with van der Waals surface area (Å²) in [6.07, 6.45) is 0.558. The van der Waals surface area contributed by atoms with Crippen LogP contribution < -0.4 is 0 Å². The molecule has 86 valence electrons. The molecule has 0 radical (unpaired) electrons. The number of rotatable bonds is 8. The minimum Gasteiger partial charge on any atom is -0.379 e. The topological polar surface area (TPSA) is 27.7 Å². The molecular formula is C11H24O3. The highest BCUT2D eigenvalue weighted by atomic mass is 16.6. The summed E-state index contributed by atoms with van der Waals surface area (Å²) in [5, 5.41) is 0. The second-order valence-electron chi connectivity index (χ2n) is 3.80. The molecule has 0 saturated heterocycles. The fourth-order valence-corrected chi connectivity index (χ4v) is 1.14. The van der Waals surface area contributed by atoms with Crippen molar-refractivity contribution in [3.05, 3.63) is 0 Å². The molecule has 0 spiro atoms.